The van der Waals surface area contributed by atoms with Crippen molar-refractivity contribution in [3.63, 3.8) is 0 Å². The van der Waals surface area contributed by atoms with E-state index in [2.05, 4.69) is 21.4 Å². The normalized spacial score (nSPS) is 16.7. The lowest BCUT2D eigenvalue weighted by atomic mass is 10.0. The molecule has 3 heterocycles. The molecule has 1 aliphatic rings. The summed E-state index contributed by atoms with van der Waals surface area (Å²) in [5, 5.41) is 22.3. The standard InChI is InChI=1S/C22H20ClFN6O2/c1-11-7-14(12(2)26-15-3-4-18(23)28-20(15)22(31)32)19-16(8-11)27-17(9-25)21(29-19)30-6-5-13(24)10-30/h3-4,7-8,12-13,26H,5-6,10H2,1-2H3,(H,31,32)/t12-,13-/m1/s1. The predicted molar refractivity (Wildman–Crippen MR) is 119 cm³/mol. The van der Waals surface area contributed by atoms with Crippen molar-refractivity contribution in [1.29, 1.82) is 5.26 Å². The number of rotatable bonds is 5. The lowest BCUT2D eigenvalue weighted by Crippen LogP contribution is -2.23. The van der Waals surface area contributed by atoms with E-state index < -0.39 is 12.1 Å². The average molecular weight is 455 g/mol. The van der Waals surface area contributed by atoms with Crippen molar-refractivity contribution in [2.45, 2.75) is 32.5 Å². The van der Waals surface area contributed by atoms with Crippen LogP contribution in [-0.4, -0.2) is 45.3 Å². The van der Waals surface area contributed by atoms with E-state index in [1.807, 2.05) is 26.0 Å². The number of nitrogens with zero attached hydrogens (tertiary/aromatic N) is 5. The molecule has 8 nitrogen and oxygen atoms in total. The molecule has 2 atom stereocenters. The molecule has 1 aromatic carbocycles. The van der Waals surface area contributed by atoms with Crippen LogP contribution in [0, 0.1) is 18.3 Å². The smallest absolute Gasteiger partial charge is 0.356 e. The first-order valence-electron chi connectivity index (χ1n) is 10.0. The van der Waals surface area contributed by atoms with Crippen LogP contribution in [0.1, 0.15) is 46.7 Å². The maximum Gasteiger partial charge on any atom is 0.356 e. The highest BCUT2D eigenvalue weighted by molar-refractivity contribution is 6.29. The van der Waals surface area contributed by atoms with Gasteiger partial charge >= 0.3 is 5.97 Å². The van der Waals surface area contributed by atoms with Gasteiger partial charge in [0, 0.05) is 12.1 Å². The van der Waals surface area contributed by atoms with Crippen molar-refractivity contribution in [3.05, 3.63) is 51.9 Å². The van der Waals surface area contributed by atoms with E-state index in [1.54, 1.807) is 11.0 Å². The number of nitriles is 1. The molecular weight excluding hydrogens is 435 g/mol. The van der Waals surface area contributed by atoms with Gasteiger partial charge in [-0.25, -0.2) is 24.1 Å². The van der Waals surface area contributed by atoms with E-state index in [9.17, 15) is 19.6 Å². The van der Waals surface area contributed by atoms with Gasteiger partial charge in [0.15, 0.2) is 17.2 Å². The Hall–Kier alpha value is -3.51. The number of aryl methyl sites for hydroxylation is 1. The van der Waals surface area contributed by atoms with Gasteiger partial charge in [0.2, 0.25) is 0 Å². The fourth-order valence-electron chi connectivity index (χ4n) is 3.88. The van der Waals surface area contributed by atoms with Gasteiger partial charge in [0.1, 0.15) is 17.4 Å². The van der Waals surface area contributed by atoms with Gasteiger partial charge in [-0.2, -0.15) is 5.26 Å². The van der Waals surface area contributed by atoms with Crippen LogP contribution < -0.4 is 10.2 Å². The zero-order valence-electron chi connectivity index (χ0n) is 17.4. The molecule has 0 amide bonds. The van der Waals surface area contributed by atoms with Crippen molar-refractivity contribution in [2.24, 2.45) is 0 Å². The summed E-state index contributed by atoms with van der Waals surface area (Å²) in [5.41, 5.74) is 3.05. The van der Waals surface area contributed by atoms with Crippen LogP contribution in [0.25, 0.3) is 11.0 Å². The molecule has 0 spiro atoms. The Labute approximate surface area is 188 Å². The predicted octanol–water partition coefficient (Wildman–Crippen LogP) is 4.28. The number of halogens is 2. The quantitative estimate of drug-likeness (QED) is 0.549. The van der Waals surface area contributed by atoms with Crippen molar-refractivity contribution in [1.82, 2.24) is 15.0 Å². The van der Waals surface area contributed by atoms with Crippen molar-refractivity contribution >= 4 is 40.1 Å². The second kappa shape index (κ2) is 8.55. The number of hydrogen-bond donors (Lipinski definition) is 2. The Bertz CT molecular complexity index is 1260. The Morgan fingerprint density at radius 3 is 2.81 bits per heavy atom. The number of aromatic carboxylic acids is 1. The van der Waals surface area contributed by atoms with Gasteiger partial charge < -0.3 is 15.3 Å². The molecule has 0 unspecified atom stereocenters. The molecule has 164 valence electrons. The Morgan fingerprint density at radius 2 is 2.16 bits per heavy atom. The van der Waals surface area contributed by atoms with E-state index in [0.717, 1.165) is 11.1 Å². The summed E-state index contributed by atoms with van der Waals surface area (Å²) in [7, 11) is 0. The number of carboxylic acids is 1. The van der Waals surface area contributed by atoms with Crippen LogP contribution in [0.3, 0.4) is 0 Å². The molecule has 0 aliphatic carbocycles. The van der Waals surface area contributed by atoms with Crippen LogP contribution in [0.2, 0.25) is 5.15 Å². The van der Waals surface area contributed by atoms with E-state index >= 15 is 0 Å². The average Bonchev–Trinajstić information content (AvgIpc) is 3.19. The molecule has 0 saturated carbocycles. The highest BCUT2D eigenvalue weighted by Gasteiger charge is 2.27. The van der Waals surface area contributed by atoms with Crippen LogP contribution in [0.5, 0.6) is 0 Å². The van der Waals surface area contributed by atoms with Gasteiger partial charge in [0.25, 0.3) is 0 Å². The molecule has 3 aromatic rings. The minimum Gasteiger partial charge on any atom is -0.476 e. The third-order valence-corrected chi connectivity index (χ3v) is 5.57. The van der Waals surface area contributed by atoms with E-state index in [0.29, 0.717) is 35.5 Å². The van der Waals surface area contributed by atoms with Gasteiger partial charge in [-0.05, 0) is 44.0 Å². The molecule has 1 saturated heterocycles. The second-order valence-electron chi connectivity index (χ2n) is 7.76. The highest BCUT2D eigenvalue weighted by Crippen LogP contribution is 2.31. The first kappa shape index (κ1) is 21.7. The van der Waals surface area contributed by atoms with E-state index in [4.69, 9.17) is 16.6 Å². The third kappa shape index (κ3) is 4.14. The van der Waals surface area contributed by atoms with Crippen LogP contribution in [0.15, 0.2) is 24.3 Å². The van der Waals surface area contributed by atoms with Crippen LogP contribution in [-0.2, 0) is 0 Å². The summed E-state index contributed by atoms with van der Waals surface area (Å²) in [6.45, 7) is 4.39. The Morgan fingerprint density at radius 1 is 1.38 bits per heavy atom. The van der Waals surface area contributed by atoms with Gasteiger partial charge in [0.05, 0.1) is 29.3 Å². The molecular formula is C22H20ClFN6O2. The second-order valence-corrected chi connectivity index (χ2v) is 8.15. The number of anilines is 2. The number of carboxylic acid groups (broad SMARTS) is 1. The molecule has 32 heavy (non-hydrogen) atoms. The molecule has 1 fully saturated rings. The number of carbonyl (C=O) groups is 1. The first-order valence-corrected chi connectivity index (χ1v) is 10.4. The largest absolute Gasteiger partial charge is 0.476 e. The van der Waals surface area contributed by atoms with Crippen molar-refractivity contribution < 1.29 is 14.3 Å². The lowest BCUT2D eigenvalue weighted by molar-refractivity contribution is 0.0691. The molecule has 2 N–H and O–H groups in total. The molecule has 0 bridgehead atoms. The first-order chi connectivity index (χ1) is 15.3. The molecule has 1 aliphatic heterocycles. The van der Waals surface area contributed by atoms with E-state index in [-0.39, 0.29) is 29.1 Å². The van der Waals surface area contributed by atoms with Gasteiger partial charge in [-0.3, -0.25) is 0 Å². The number of hydrogen-bond acceptors (Lipinski definition) is 7. The number of nitrogens with one attached hydrogen (secondary N) is 1. The maximum atomic E-state index is 13.8. The minimum atomic E-state index is -1.20. The highest BCUT2D eigenvalue weighted by atomic mass is 35.5. The molecule has 2 aromatic heterocycles. The van der Waals surface area contributed by atoms with Crippen molar-refractivity contribution in [2.75, 3.05) is 23.3 Å². The van der Waals surface area contributed by atoms with Crippen LogP contribution >= 0.6 is 11.6 Å². The topological polar surface area (TPSA) is 115 Å². The summed E-state index contributed by atoms with van der Waals surface area (Å²) in [6.07, 6.45) is -0.589. The fraction of sp³-hybridized carbons (Fsp3) is 0.318. The third-order valence-electron chi connectivity index (χ3n) is 5.36. The molecule has 10 heteroatoms. The zero-order valence-corrected chi connectivity index (χ0v) is 18.2. The van der Waals surface area contributed by atoms with Gasteiger partial charge in [-0.15, -0.1) is 0 Å². The number of alkyl halides is 1. The van der Waals surface area contributed by atoms with Gasteiger partial charge in [-0.1, -0.05) is 17.7 Å². The summed E-state index contributed by atoms with van der Waals surface area (Å²) in [6, 6.07) is 8.53. The Kier molecular flexibility index (Phi) is 5.80. The number of aromatic nitrogens is 3. The van der Waals surface area contributed by atoms with E-state index in [1.165, 1.54) is 6.07 Å². The summed E-state index contributed by atoms with van der Waals surface area (Å²) < 4.78 is 13.8. The number of benzene rings is 1. The molecule has 0 radical (unpaired) electrons. The SMILES string of the molecule is Cc1cc([C@@H](C)Nc2ccc(Cl)nc2C(=O)O)c2nc(N3CC[C@@H](F)C3)c(C#N)nc2c1. The summed E-state index contributed by atoms with van der Waals surface area (Å²) in [5.74, 6) is -0.844. The van der Waals surface area contributed by atoms with Crippen molar-refractivity contribution in [3.8, 4) is 6.07 Å². The fourth-order valence-corrected chi connectivity index (χ4v) is 4.03. The molecule has 4 rings (SSSR count). The monoisotopic (exact) mass is 454 g/mol. The summed E-state index contributed by atoms with van der Waals surface area (Å²) in [4.78, 5) is 26.4. The van der Waals surface area contributed by atoms with Crippen LogP contribution in [0.4, 0.5) is 15.9 Å². The number of fused-ring (bicyclic) bond motifs is 1. The summed E-state index contributed by atoms with van der Waals surface area (Å²) >= 11 is 5.85. The Balaban J connectivity index is 1.80. The zero-order chi connectivity index (χ0) is 23.0. The number of pyridine rings is 1. The lowest BCUT2D eigenvalue weighted by Gasteiger charge is -2.21. The maximum absolute atomic E-state index is 13.8. The minimum absolute atomic E-state index is 0.0814.